The highest BCUT2D eigenvalue weighted by Crippen LogP contribution is 2.47. The average molecular weight is 573 g/mol. The maximum atomic E-state index is 9.57. The molecular formula is C42H26O. The molecule has 0 fully saturated rings. The van der Waals surface area contributed by atoms with E-state index in [9.17, 15) is 11.0 Å². The number of benzene rings is 8. The van der Waals surface area contributed by atoms with Crippen LogP contribution in [0.5, 0.6) is 0 Å². The van der Waals surface area contributed by atoms with Gasteiger partial charge in [-0.1, -0.05) is 133 Å². The molecule has 1 nitrogen and oxygen atoms in total. The Labute approximate surface area is 285 Å². The number of furan rings is 1. The fourth-order valence-corrected chi connectivity index (χ4v) is 5.17. The molecule has 0 aliphatic rings. The first-order valence-electron chi connectivity index (χ1n) is 25.7. The topological polar surface area (TPSA) is 13.1 Å². The molecule has 1 heteroatoms. The van der Waals surface area contributed by atoms with E-state index in [1.54, 1.807) is 0 Å². The lowest BCUT2D eigenvalue weighted by Gasteiger charge is -2.18. The van der Waals surface area contributed by atoms with Crippen LogP contribution in [0.1, 0.15) is 35.6 Å². The lowest BCUT2D eigenvalue weighted by molar-refractivity contribution is 0.669. The maximum Gasteiger partial charge on any atom is 0.136 e. The van der Waals surface area contributed by atoms with Crippen LogP contribution in [0.2, 0.25) is 0 Å². The molecule has 0 N–H and O–H groups in total. The Hall–Kier alpha value is -5.66. The predicted octanol–water partition coefficient (Wildman–Crippen LogP) is 12.0. The van der Waals surface area contributed by atoms with Gasteiger partial charge >= 0.3 is 0 Å². The molecule has 0 aliphatic carbocycles. The van der Waals surface area contributed by atoms with Crippen molar-refractivity contribution in [1.29, 1.82) is 0 Å². The average Bonchev–Trinajstić information content (AvgIpc) is 3.72. The molecule has 0 bridgehead atoms. The predicted molar refractivity (Wildman–Crippen MR) is 183 cm³/mol. The van der Waals surface area contributed by atoms with Crippen molar-refractivity contribution in [3.63, 3.8) is 0 Å². The molecule has 1 heterocycles. The Balaban J connectivity index is 1.65. The van der Waals surface area contributed by atoms with E-state index >= 15 is 0 Å². The van der Waals surface area contributed by atoms with Crippen LogP contribution in [0.3, 0.4) is 0 Å². The van der Waals surface area contributed by atoms with Crippen LogP contribution >= 0.6 is 0 Å². The molecule has 9 aromatic rings. The summed E-state index contributed by atoms with van der Waals surface area (Å²) in [5, 5.41) is -5.19. The van der Waals surface area contributed by atoms with Crippen molar-refractivity contribution in [2.75, 3.05) is 0 Å². The molecule has 0 radical (unpaired) electrons. The first-order chi connectivity index (χ1) is 32.2. The van der Waals surface area contributed by atoms with Crippen LogP contribution < -0.4 is 0 Å². The second kappa shape index (κ2) is 9.44. The maximum absolute atomic E-state index is 9.57. The number of hydrogen-bond donors (Lipinski definition) is 0. The van der Waals surface area contributed by atoms with Crippen molar-refractivity contribution in [3.05, 3.63) is 157 Å². The molecule has 43 heavy (non-hydrogen) atoms. The molecule has 0 aliphatic heterocycles. The number of hydrogen-bond acceptors (Lipinski definition) is 1. The molecule has 1 aromatic heterocycles. The monoisotopic (exact) mass is 572 g/mol. The van der Waals surface area contributed by atoms with Gasteiger partial charge in [0.15, 0.2) is 0 Å². The molecule has 8 aromatic carbocycles. The zero-order chi connectivity index (χ0) is 51.0. The van der Waals surface area contributed by atoms with Crippen LogP contribution in [0.15, 0.2) is 162 Å². The lowest BCUT2D eigenvalue weighted by Crippen LogP contribution is -1.91. The number of rotatable bonds is 3. The van der Waals surface area contributed by atoms with Crippen molar-refractivity contribution in [3.8, 4) is 33.4 Å². The number of fused-ring (bicyclic) bond motifs is 6. The van der Waals surface area contributed by atoms with Crippen LogP contribution in [0.25, 0.3) is 87.6 Å². The second-order valence-electron chi connectivity index (χ2n) is 9.26. The summed E-state index contributed by atoms with van der Waals surface area (Å²) in [6, 6.07) is -23.6. The van der Waals surface area contributed by atoms with Crippen molar-refractivity contribution in [1.82, 2.24) is 0 Å². The lowest BCUT2D eigenvalue weighted by atomic mass is 9.84. The summed E-state index contributed by atoms with van der Waals surface area (Å²) in [4.78, 5) is 0. The summed E-state index contributed by atoms with van der Waals surface area (Å²) < 4.78 is 238. The van der Waals surface area contributed by atoms with E-state index in [4.69, 9.17) is 29.1 Å². The van der Waals surface area contributed by atoms with Gasteiger partial charge in [0.25, 0.3) is 0 Å². The minimum Gasteiger partial charge on any atom is -0.456 e. The van der Waals surface area contributed by atoms with Crippen LogP contribution in [-0.4, -0.2) is 0 Å². The Bertz CT molecular complexity index is 3860. The summed E-state index contributed by atoms with van der Waals surface area (Å²) in [6.45, 7) is 0. The van der Waals surface area contributed by atoms with Crippen LogP contribution in [-0.2, 0) is 0 Å². The Morgan fingerprint density at radius 1 is 0.372 bits per heavy atom. The van der Waals surface area contributed by atoms with Crippen molar-refractivity contribution < 1.29 is 40.1 Å². The molecule has 0 atom stereocenters. The van der Waals surface area contributed by atoms with E-state index in [2.05, 4.69) is 0 Å². The van der Waals surface area contributed by atoms with E-state index < -0.39 is 245 Å². The van der Waals surface area contributed by atoms with Crippen molar-refractivity contribution >= 4 is 54.3 Å². The Morgan fingerprint density at radius 2 is 1.00 bits per heavy atom. The second-order valence-corrected chi connectivity index (χ2v) is 9.26. The molecular weight excluding hydrogens is 520 g/mol. The summed E-state index contributed by atoms with van der Waals surface area (Å²) in [6.07, 6.45) is 0. The highest BCUT2D eigenvalue weighted by Gasteiger charge is 2.20. The largest absolute Gasteiger partial charge is 0.456 e. The van der Waals surface area contributed by atoms with Gasteiger partial charge in [0.2, 0.25) is 0 Å². The first kappa shape index (κ1) is 9.69. The van der Waals surface area contributed by atoms with Crippen LogP contribution in [0.4, 0.5) is 0 Å². The van der Waals surface area contributed by atoms with Gasteiger partial charge in [0.05, 0.1) is 35.6 Å². The summed E-state index contributed by atoms with van der Waals surface area (Å²) in [7, 11) is 0. The fraction of sp³-hybridized carbons (Fsp3) is 0. The third-order valence-electron chi connectivity index (χ3n) is 6.95. The molecule has 0 spiro atoms. The minimum absolute atomic E-state index is 0.570. The summed E-state index contributed by atoms with van der Waals surface area (Å²) in [5.41, 5.74) is -5.61. The smallest absolute Gasteiger partial charge is 0.136 e. The minimum atomic E-state index is -0.981. The normalized spacial score (nSPS) is 20.2. The third kappa shape index (κ3) is 3.72. The standard InChI is InChI=1S/C42H26O/c1-2-11-27(12-3-1)30-23-24-38-37(26-30)42-36(19-10-20-39(42)43-38)41-34-17-8-6-15-32(34)40(33-16-7-9-18-35(33)41)31-22-21-28-13-4-5-14-29(28)25-31/h1-26H/i1D,2D,3D,4D,5D,6D,7D,8D,9D,10D,11D,12D,13D,14D,15D,16D,17D,18D,19D,20D,21D,22D,23D,24D,25D,26D. The van der Waals surface area contributed by atoms with Gasteiger partial charge in [0.1, 0.15) is 11.2 Å². The van der Waals surface area contributed by atoms with E-state index in [1.807, 2.05) is 0 Å². The van der Waals surface area contributed by atoms with E-state index in [0.717, 1.165) is 0 Å². The van der Waals surface area contributed by atoms with E-state index in [0.29, 0.717) is 0 Å². The van der Waals surface area contributed by atoms with Crippen LogP contribution in [0, 0.1) is 0 Å². The van der Waals surface area contributed by atoms with E-state index in [-0.39, 0.29) is 0 Å². The molecule has 0 saturated carbocycles. The fourth-order valence-electron chi connectivity index (χ4n) is 5.17. The summed E-state index contributed by atoms with van der Waals surface area (Å²) >= 11 is 0. The molecule has 200 valence electrons. The zero-order valence-electron chi connectivity index (χ0n) is 47.4. The van der Waals surface area contributed by atoms with Crippen molar-refractivity contribution in [2.24, 2.45) is 0 Å². The highest BCUT2D eigenvalue weighted by atomic mass is 16.3. The molecule has 9 rings (SSSR count). The third-order valence-corrected chi connectivity index (χ3v) is 6.95. The van der Waals surface area contributed by atoms with E-state index in [1.165, 1.54) is 0 Å². The molecule has 0 amide bonds. The van der Waals surface area contributed by atoms with Crippen molar-refractivity contribution in [2.45, 2.75) is 0 Å². The zero-order valence-corrected chi connectivity index (χ0v) is 21.4. The Kier molecular flexibility index (Phi) is 2.13. The van der Waals surface area contributed by atoms with Gasteiger partial charge in [0, 0.05) is 10.8 Å². The van der Waals surface area contributed by atoms with Gasteiger partial charge in [-0.15, -0.1) is 0 Å². The molecule has 0 saturated heterocycles. The van der Waals surface area contributed by atoms with Gasteiger partial charge in [-0.2, -0.15) is 0 Å². The first-order valence-corrected chi connectivity index (χ1v) is 12.7. The summed E-state index contributed by atoms with van der Waals surface area (Å²) in [5.74, 6) is 0. The Morgan fingerprint density at radius 3 is 1.74 bits per heavy atom. The van der Waals surface area contributed by atoms with Gasteiger partial charge in [-0.25, -0.2) is 0 Å². The SMILES string of the molecule is [2H]c1c([2H])c([2H])c(-c2c([2H])c([2H])c3oc4c([2H])c([2H])c([2H])c(-c5c6c([2H])c([2H])c([2H])c([2H])c6c(-c6c([2H])c([2H])c7c([2H])c([2H])c([2H])c([2H])c7c6[2H])c6c([2H])c([2H])c([2H])c([2H])c56)c4c3c2[2H])c([2H])c1[2H]. The van der Waals surface area contributed by atoms with Gasteiger partial charge in [-0.3, -0.25) is 0 Å². The molecule has 0 unspecified atom stereocenters. The van der Waals surface area contributed by atoms with Gasteiger partial charge in [-0.05, 0) is 89.9 Å². The quantitative estimate of drug-likeness (QED) is 0.192. The van der Waals surface area contributed by atoms with Gasteiger partial charge < -0.3 is 4.42 Å². The highest BCUT2D eigenvalue weighted by molar-refractivity contribution is 6.26.